The van der Waals surface area contributed by atoms with Crippen LogP contribution in [-0.4, -0.2) is 53.9 Å². The van der Waals surface area contributed by atoms with Gasteiger partial charge in [0.25, 0.3) is 5.91 Å². The number of nitrogens with zero attached hydrogens (tertiary/aromatic N) is 5. The van der Waals surface area contributed by atoms with Crippen molar-refractivity contribution in [3.8, 4) is 0 Å². The molecule has 1 amide bonds. The van der Waals surface area contributed by atoms with Crippen molar-refractivity contribution in [1.82, 2.24) is 9.38 Å². The predicted molar refractivity (Wildman–Crippen MR) is 130 cm³/mol. The number of carbonyl (C=O) groups excluding carboxylic acids is 1. The number of aromatic nitrogens is 2. The van der Waals surface area contributed by atoms with Crippen molar-refractivity contribution in [2.75, 3.05) is 36.5 Å². The fourth-order valence-corrected chi connectivity index (χ4v) is 4.75. The van der Waals surface area contributed by atoms with Gasteiger partial charge in [-0.05, 0) is 32.0 Å². The number of aliphatic imine (C=N–C) groups is 1. The van der Waals surface area contributed by atoms with Crippen LogP contribution in [0.1, 0.15) is 25.5 Å². The minimum atomic E-state index is -0.744. The van der Waals surface area contributed by atoms with Gasteiger partial charge in [-0.25, -0.2) is 9.37 Å². The summed E-state index contributed by atoms with van der Waals surface area (Å²) in [6.45, 7) is 5.77. The highest BCUT2D eigenvalue weighted by Crippen LogP contribution is 2.42. The summed E-state index contributed by atoms with van der Waals surface area (Å²) in [5.41, 5.74) is 9.88. The lowest BCUT2D eigenvalue weighted by atomic mass is 9.94. The first-order valence-corrected chi connectivity index (χ1v) is 11.2. The molecule has 3 aromatic rings. The fraction of sp³-hybridized carbons (Fsp3) is 0.320. The molecule has 5 rings (SSSR count). The summed E-state index contributed by atoms with van der Waals surface area (Å²) < 4.78 is 23.2. The number of halogens is 1. The van der Waals surface area contributed by atoms with Crippen LogP contribution in [0.25, 0.3) is 5.65 Å². The van der Waals surface area contributed by atoms with E-state index in [2.05, 4.69) is 14.9 Å². The van der Waals surface area contributed by atoms with Gasteiger partial charge in [0.05, 0.1) is 24.4 Å². The van der Waals surface area contributed by atoms with E-state index in [1.54, 1.807) is 38.4 Å². The van der Waals surface area contributed by atoms with E-state index < -0.39 is 11.9 Å². The molecule has 4 heterocycles. The molecule has 8 nitrogen and oxygen atoms in total. The summed E-state index contributed by atoms with van der Waals surface area (Å²) in [7, 11) is 1.63. The number of morpholine rings is 1. The van der Waals surface area contributed by atoms with Crippen molar-refractivity contribution >= 4 is 28.6 Å². The highest BCUT2D eigenvalue weighted by molar-refractivity contribution is 6.18. The molecule has 2 aromatic heterocycles. The first kappa shape index (κ1) is 22.1. The zero-order chi connectivity index (χ0) is 24.0. The number of carbonyl (C=O) groups is 1. The summed E-state index contributed by atoms with van der Waals surface area (Å²) in [6.07, 6.45) is 5.39. The first-order valence-electron chi connectivity index (χ1n) is 11.2. The van der Waals surface area contributed by atoms with Gasteiger partial charge in [0.15, 0.2) is 0 Å². The predicted octanol–water partition coefficient (Wildman–Crippen LogP) is 3.09. The van der Waals surface area contributed by atoms with Gasteiger partial charge < -0.3 is 19.8 Å². The molecule has 1 saturated heterocycles. The third kappa shape index (κ3) is 3.62. The number of rotatable bonds is 4. The lowest BCUT2D eigenvalue weighted by Crippen LogP contribution is -2.41. The molecule has 2 aliphatic heterocycles. The molecule has 0 aliphatic carbocycles. The van der Waals surface area contributed by atoms with E-state index >= 15 is 4.39 Å². The van der Waals surface area contributed by atoms with Gasteiger partial charge in [-0.15, -0.1) is 0 Å². The van der Waals surface area contributed by atoms with Crippen LogP contribution < -0.4 is 15.5 Å². The third-order valence-electron chi connectivity index (χ3n) is 6.54. The number of nitrogens with two attached hydrogens (primary N) is 1. The van der Waals surface area contributed by atoms with E-state index in [0.29, 0.717) is 47.9 Å². The summed E-state index contributed by atoms with van der Waals surface area (Å²) in [4.78, 5) is 25.6. The van der Waals surface area contributed by atoms with E-state index in [4.69, 9.17) is 10.5 Å². The second-order valence-electron chi connectivity index (χ2n) is 8.62. The number of anilines is 2. The molecular formula is C25H27FN6O2. The minimum absolute atomic E-state index is 0.0711. The van der Waals surface area contributed by atoms with Gasteiger partial charge in [-0.1, -0.05) is 6.07 Å². The molecule has 0 radical (unpaired) electrons. The van der Waals surface area contributed by atoms with Crippen molar-refractivity contribution in [3.63, 3.8) is 0 Å². The Balaban J connectivity index is 1.61. The molecule has 0 bridgehead atoms. The molecule has 0 spiro atoms. The first-order chi connectivity index (χ1) is 16.4. The molecule has 1 fully saturated rings. The third-order valence-corrected chi connectivity index (χ3v) is 6.54. The van der Waals surface area contributed by atoms with Crippen LogP contribution >= 0.6 is 0 Å². The monoisotopic (exact) mass is 462 g/mol. The standard InChI is InChI=1S/C25H27FN6O2/c1-15-14-31(10-11-34-15)17-4-5-19(20(26)12-17)24-22(16(2)28-3)23(27)25(33)32(24)18-6-8-30-9-7-29-21(30)13-18/h4-9,12-13,15,24H,10-11,14,27H2,1-3H3. The number of fused-ring (bicyclic) bond motifs is 1. The summed E-state index contributed by atoms with van der Waals surface area (Å²) in [5, 5.41) is 0. The van der Waals surface area contributed by atoms with E-state index in [0.717, 1.165) is 5.69 Å². The Morgan fingerprint density at radius 2 is 2.06 bits per heavy atom. The molecule has 2 N–H and O–H groups in total. The molecular weight excluding hydrogens is 435 g/mol. The zero-order valence-corrected chi connectivity index (χ0v) is 19.4. The average Bonchev–Trinajstić information content (AvgIpc) is 3.40. The molecule has 2 unspecified atom stereocenters. The Morgan fingerprint density at radius 3 is 2.79 bits per heavy atom. The van der Waals surface area contributed by atoms with Gasteiger partial charge in [0, 0.05) is 67.3 Å². The zero-order valence-electron chi connectivity index (χ0n) is 19.4. The lowest BCUT2D eigenvalue weighted by molar-refractivity contribution is -0.114. The Hall–Kier alpha value is -3.72. The Labute approximate surface area is 197 Å². The minimum Gasteiger partial charge on any atom is -0.394 e. The molecule has 2 atom stereocenters. The van der Waals surface area contributed by atoms with Gasteiger partial charge in [-0.3, -0.25) is 14.7 Å². The van der Waals surface area contributed by atoms with Crippen molar-refractivity contribution < 1.29 is 13.9 Å². The van der Waals surface area contributed by atoms with Gasteiger partial charge in [0.1, 0.15) is 17.2 Å². The average molecular weight is 463 g/mol. The number of imidazole rings is 1. The molecule has 34 heavy (non-hydrogen) atoms. The summed E-state index contributed by atoms with van der Waals surface area (Å²) in [5.74, 6) is -0.790. The molecule has 1 aromatic carbocycles. The van der Waals surface area contributed by atoms with E-state index in [1.807, 2.05) is 29.8 Å². The second-order valence-corrected chi connectivity index (χ2v) is 8.62. The highest BCUT2D eigenvalue weighted by atomic mass is 19.1. The SMILES string of the molecule is CN=C(C)C1=C(N)C(=O)N(c2ccn3ccnc3c2)C1c1ccc(N2CCOC(C)C2)cc1F. The smallest absolute Gasteiger partial charge is 0.275 e. The molecule has 2 aliphatic rings. The van der Waals surface area contributed by atoms with Crippen LogP contribution in [0, 0.1) is 5.82 Å². The van der Waals surface area contributed by atoms with Crippen LogP contribution in [0.4, 0.5) is 15.8 Å². The number of ether oxygens (including phenoxy) is 1. The van der Waals surface area contributed by atoms with Crippen LogP contribution in [-0.2, 0) is 9.53 Å². The number of amides is 1. The molecule has 9 heteroatoms. The van der Waals surface area contributed by atoms with Crippen molar-refractivity contribution in [2.45, 2.75) is 26.0 Å². The molecule has 0 saturated carbocycles. The summed E-state index contributed by atoms with van der Waals surface area (Å²) in [6, 6.07) is 8.01. The Kier molecular flexibility index (Phi) is 5.57. The van der Waals surface area contributed by atoms with E-state index in [-0.39, 0.29) is 17.7 Å². The normalized spacial score (nSPS) is 21.8. The van der Waals surface area contributed by atoms with Crippen molar-refractivity contribution in [2.24, 2.45) is 10.7 Å². The van der Waals surface area contributed by atoms with Crippen molar-refractivity contribution in [3.05, 3.63) is 71.6 Å². The van der Waals surface area contributed by atoms with Crippen LogP contribution in [0.15, 0.2) is 65.2 Å². The maximum absolute atomic E-state index is 15.7. The number of benzene rings is 1. The highest BCUT2D eigenvalue weighted by Gasteiger charge is 2.42. The second kappa shape index (κ2) is 8.57. The fourth-order valence-electron chi connectivity index (χ4n) is 4.75. The topological polar surface area (TPSA) is 88.5 Å². The van der Waals surface area contributed by atoms with Crippen molar-refractivity contribution in [1.29, 1.82) is 0 Å². The maximum Gasteiger partial charge on any atom is 0.275 e. The van der Waals surface area contributed by atoms with Crippen LogP contribution in [0.3, 0.4) is 0 Å². The Morgan fingerprint density at radius 1 is 1.24 bits per heavy atom. The van der Waals surface area contributed by atoms with Crippen LogP contribution in [0.5, 0.6) is 0 Å². The summed E-state index contributed by atoms with van der Waals surface area (Å²) >= 11 is 0. The number of pyridine rings is 1. The van der Waals surface area contributed by atoms with Gasteiger partial charge in [-0.2, -0.15) is 0 Å². The Bertz CT molecular complexity index is 1330. The maximum atomic E-state index is 15.7. The van der Waals surface area contributed by atoms with Gasteiger partial charge >= 0.3 is 0 Å². The van der Waals surface area contributed by atoms with Gasteiger partial charge in [0.2, 0.25) is 0 Å². The number of hydrogen-bond acceptors (Lipinski definition) is 6. The lowest BCUT2D eigenvalue weighted by Gasteiger charge is -2.33. The van der Waals surface area contributed by atoms with E-state index in [1.165, 1.54) is 11.0 Å². The molecule has 176 valence electrons. The van der Waals surface area contributed by atoms with E-state index in [9.17, 15) is 4.79 Å². The number of hydrogen-bond donors (Lipinski definition) is 1. The quantitative estimate of drug-likeness (QED) is 0.602. The largest absolute Gasteiger partial charge is 0.394 e. The van der Waals surface area contributed by atoms with Crippen LogP contribution in [0.2, 0.25) is 0 Å².